The Morgan fingerprint density at radius 3 is 2.53 bits per heavy atom. The van der Waals surface area contributed by atoms with Gasteiger partial charge in [-0.2, -0.15) is 0 Å². The van der Waals surface area contributed by atoms with Gasteiger partial charge in [-0.1, -0.05) is 37.3 Å². The van der Waals surface area contributed by atoms with Crippen molar-refractivity contribution in [1.82, 2.24) is 9.55 Å². The predicted molar refractivity (Wildman–Crippen MR) is 120 cm³/mol. The van der Waals surface area contributed by atoms with Crippen molar-refractivity contribution in [3.63, 3.8) is 0 Å². The average Bonchev–Trinajstić information content (AvgIpc) is 3.31. The lowest BCUT2D eigenvalue weighted by Crippen LogP contribution is -2.43. The van der Waals surface area contributed by atoms with E-state index in [1.54, 1.807) is 37.3 Å². The van der Waals surface area contributed by atoms with Gasteiger partial charge in [0.15, 0.2) is 12.3 Å². The van der Waals surface area contributed by atoms with Crippen LogP contribution in [0, 0.1) is 10.1 Å². The van der Waals surface area contributed by atoms with E-state index in [9.17, 15) is 29.3 Å². The second kappa shape index (κ2) is 10.3. The van der Waals surface area contributed by atoms with Crippen LogP contribution in [0.2, 0.25) is 0 Å². The molecule has 0 radical (unpaired) electrons. The number of nitro groups is 1. The first-order valence-electron chi connectivity index (χ1n) is 10.1. The summed E-state index contributed by atoms with van der Waals surface area (Å²) in [6, 6.07) is 10.9. The molecule has 0 aliphatic carbocycles. The number of nitrogens with two attached hydrogens (primary N) is 1. The summed E-state index contributed by atoms with van der Waals surface area (Å²) in [6.07, 6.45) is 0.417. The number of nitrogens with one attached hydrogen (secondary N) is 1. The molecule has 0 aliphatic heterocycles. The summed E-state index contributed by atoms with van der Waals surface area (Å²) in [5, 5.41) is 10.7. The number of carbonyl (C=O) groups is 2. The van der Waals surface area contributed by atoms with E-state index in [0.29, 0.717) is 6.42 Å². The van der Waals surface area contributed by atoms with Gasteiger partial charge in [-0.05, 0) is 18.1 Å². The maximum atomic E-state index is 12.9. The van der Waals surface area contributed by atoms with Gasteiger partial charge >= 0.3 is 17.5 Å². The molecule has 13 heteroatoms. The van der Waals surface area contributed by atoms with Crippen LogP contribution in [0.5, 0.6) is 0 Å². The fourth-order valence-electron chi connectivity index (χ4n) is 3.16. The summed E-state index contributed by atoms with van der Waals surface area (Å²) in [5.41, 5.74) is 5.01. The number of hydrogen-bond acceptors (Lipinski definition) is 9. The van der Waals surface area contributed by atoms with Gasteiger partial charge in [0.2, 0.25) is 5.76 Å². The molecule has 2 aromatic heterocycles. The Hall–Kier alpha value is -4.68. The first-order chi connectivity index (χ1) is 16.2. The van der Waals surface area contributed by atoms with Gasteiger partial charge in [0, 0.05) is 6.54 Å². The summed E-state index contributed by atoms with van der Waals surface area (Å²) in [4.78, 5) is 62.9. The van der Waals surface area contributed by atoms with Gasteiger partial charge in [-0.25, -0.2) is 9.59 Å². The summed E-state index contributed by atoms with van der Waals surface area (Å²) in [5.74, 6) is -3.25. The SMILES string of the molecule is CCCN(C(=O)COC(=O)c1ccc([N+](=O)[O-])o1)c1c(N)n(Cc2ccccc2)c(=O)[nH]c1=O. The van der Waals surface area contributed by atoms with E-state index in [1.807, 2.05) is 0 Å². The van der Waals surface area contributed by atoms with Crippen LogP contribution in [0.1, 0.15) is 29.5 Å². The zero-order chi connectivity index (χ0) is 24.8. The first kappa shape index (κ1) is 24.0. The van der Waals surface area contributed by atoms with Gasteiger partial charge in [0.1, 0.15) is 10.7 Å². The van der Waals surface area contributed by atoms with Crippen LogP contribution < -0.4 is 21.9 Å². The van der Waals surface area contributed by atoms with Gasteiger partial charge in [0.05, 0.1) is 12.6 Å². The van der Waals surface area contributed by atoms with Crippen LogP contribution in [0.25, 0.3) is 0 Å². The van der Waals surface area contributed by atoms with E-state index in [2.05, 4.69) is 4.98 Å². The van der Waals surface area contributed by atoms with Crippen LogP contribution >= 0.6 is 0 Å². The molecule has 0 bridgehead atoms. The molecule has 0 unspecified atom stereocenters. The van der Waals surface area contributed by atoms with Crippen LogP contribution in [0.15, 0.2) is 56.5 Å². The Kier molecular flexibility index (Phi) is 7.26. The molecule has 3 N–H and O–H groups in total. The van der Waals surface area contributed by atoms with E-state index >= 15 is 0 Å². The van der Waals surface area contributed by atoms with E-state index < -0.39 is 46.3 Å². The number of benzene rings is 1. The molecule has 178 valence electrons. The Bertz CT molecular complexity index is 1320. The first-order valence-corrected chi connectivity index (χ1v) is 10.1. The number of ether oxygens (including phenoxy) is 1. The second-order valence-corrected chi connectivity index (χ2v) is 7.08. The summed E-state index contributed by atoms with van der Waals surface area (Å²) < 4.78 is 10.8. The van der Waals surface area contributed by atoms with Crippen molar-refractivity contribution in [3.05, 3.63) is 84.7 Å². The molecule has 2 heterocycles. The number of esters is 1. The molecular formula is C21H21N5O8. The molecule has 3 aromatic rings. The highest BCUT2D eigenvalue weighted by molar-refractivity contribution is 5.98. The van der Waals surface area contributed by atoms with Gasteiger partial charge in [0.25, 0.3) is 11.5 Å². The molecule has 0 saturated heterocycles. The third-order valence-corrected chi connectivity index (χ3v) is 4.72. The number of aromatic amines is 1. The summed E-state index contributed by atoms with van der Waals surface area (Å²) >= 11 is 0. The highest BCUT2D eigenvalue weighted by Crippen LogP contribution is 2.19. The number of nitrogens with zero attached hydrogens (tertiary/aromatic N) is 3. The van der Waals surface area contributed by atoms with E-state index in [1.165, 1.54) is 0 Å². The Morgan fingerprint density at radius 1 is 1.21 bits per heavy atom. The number of rotatable bonds is 9. The molecule has 34 heavy (non-hydrogen) atoms. The molecule has 1 amide bonds. The molecule has 0 aliphatic rings. The number of anilines is 2. The Balaban J connectivity index is 1.85. The van der Waals surface area contributed by atoms with Gasteiger partial charge in [-0.15, -0.1) is 0 Å². The minimum Gasteiger partial charge on any atom is -0.450 e. The lowest BCUT2D eigenvalue weighted by atomic mass is 10.2. The molecule has 1 aromatic carbocycles. The van der Waals surface area contributed by atoms with Crippen LogP contribution in [0.4, 0.5) is 17.4 Å². The molecule has 0 saturated carbocycles. The number of carbonyl (C=O) groups excluding carboxylic acids is 2. The smallest absolute Gasteiger partial charge is 0.433 e. The standard InChI is InChI=1S/C21H21N5O8/c1-2-10-24(15(27)12-33-20(29)14-8-9-16(34-14)26(31)32)17-18(22)25(21(30)23-19(17)28)11-13-6-4-3-5-7-13/h3-9H,2,10-12,22H2,1H3,(H,23,28,30). The third kappa shape index (κ3) is 5.20. The second-order valence-electron chi connectivity index (χ2n) is 7.08. The predicted octanol–water partition coefficient (Wildman–Crippen LogP) is 1.27. The monoisotopic (exact) mass is 471 g/mol. The molecular weight excluding hydrogens is 450 g/mol. The van der Waals surface area contributed by atoms with E-state index in [4.69, 9.17) is 14.9 Å². The largest absolute Gasteiger partial charge is 0.450 e. The summed E-state index contributed by atoms with van der Waals surface area (Å²) in [6.45, 7) is 1.04. The average molecular weight is 471 g/mol. The molecule has 0 atom stereocenters. The fraction of sp³-hybridized carbons (Fsp3) is 0.238. The van der Waals surface area contributed by atoms with Gasteiger partial charge in [-0.3, -0.25) is 29.3 Å². The van der Waals surface area contributed by atoms with Crippen molar-refractivity contribution in [2.45, 2.75) is 19.9 Å². The maximum absolute atomic E-state index is 12.9. The number of hydrogen-bond donors (Lipinski definition) is 2. The Morgan fingerprint density at radius 2 is 1.91 bits per heavy atom. The lowest BCUT2D eigenvalue weighted by Gasteiger charge is -2.24. The van der Waals surface area contributed by atoms with Crippen molar-refractivity contribution in [2.75, 3.05) is 23.8 Å². The zero-order valence-corrected chi connectivity index (χ0v) is 18.1. The van der Waals surface area contributed by atoms with Crippen molar-refractivity contribution < 1.29 is 23.7 Å². The number of furan rings is 1. The van der Waals surface area contributed by atoms with Crippen LogP contribution in [-0.4, -0.2) is 39.5 Å². The minimum absolute atomic E-state index is 0.0411. The molecule has 0 fully saturated rings. The summed E-state index contributed by atoms with van der Waals surface area (Å²) in [7, 11) is 0. The van der Waals surface area contributed by atoms with E-state index in [0.717, 1.165) is 27.2 Å². The minimum atomic E-state index is -1.10. The molecule has 13 nitrogen and oxygen atoms in total. The van der Waals surface area contributed by atoms with Crippen molar-refractivity contribution in [1.29, 1.82) is 0 Å². The normalized spacial score (nSPS) is 10.6. The fourth-order valence-corrected chi connectivity index (χ4v) is 3.16. The quantitative estimate of drug-likeness (QED) is 0.263. The molecule has 0 spiro atoms. The van der Waals surface area contributed by atoms with Gasteiger partial charge < -0.3 is 19.8 Å². The highest BCUT2D eigenvalue weighted by Gasteiger charge is 2.26. The lowest BCUT2D eigenvalue weighted by molar-refractivity contribution is -0.402. The maximum Gasteiger partial charge on any atom is 0.433 e. The molecule has 3 rings (SSSR count). The number of amides is 1. The number of aromatic nitrogens is 2. The highest BCUT2D eigenvalue weighted by atomic mass is 16.7. The Labute approximate surface area is 191 Å². The number of H-pyrrole nitrogens is 1. The van der Waals surface area contributed by atoms with Crippen molar-refractivity contribution in [2.24, 2.45) is 0 Å². The van der Waals surface area contributed by atoms with Crippen LogP contribution in [0.3, 0.4) is 0 Å². The number of nitrogen functional groups attached to an aromatic ring is 1. The van der Waals surface area contributed by atoms with Crippen molar-refractivity contribution >= 4 is 29.3 Å². The topological polar surface area (TPSA) is 184 Å². The van der Waals surface area contributed by atoms with Crippen LogP contribution in [-0.2, 0) is 16.1 Å². The third-order valence-electron chi connectivity index (χ3n) is 4.72. The zero-order valence-electron chi connectivity index (χ0n) is 18.1. The van der Waals surface area contributed by atoms with E-state index in [-0.39, 0.29) is 24.6 Å². The van der Waals surface area contributed by atoms with Crippen molar-refractivity contribution in [3.8, 4) is 0 Å².